The van der Waals surface area contributed by atoms with E-state index in [2.05, 4.69) is 9.62 Å². The lowest BCUT2D eigenvalue weighted by atomic mass is 10.1. The van der Waals surface area contributed by atoms with Crippen molar-refractivity contribution in [3.63, 3.8) is 0 Å². The maximum atomic E-state index is 13.8. The van der Waals surface area contributed by atoms with Crippen LogP contribution < -0.4 is 10.5 Å². The molecular formula is C13H18FN3O2S. The Morgan fingerprint density at radius 1 is 1.30 bits per heavy atom. The van der Waals surface area contributed by atoms with E-state index in [4.69, 9.17) is 5.73 Å². The summed E-state index contributed by atoms with van der Waals surface area (Å²) in [5.74, 6) is -0.807. The predicted octanol–water partition coefficient (Wildman–Crippen LogP) is 0.923. The van der Waals surface area contributed by atoms with Gasteiger partial charge in [0.25, 0.3) is 0 Å². The fourth-order valence-corrected chi connectivity index (χ4v) is 4.78. The van der Waals surface area contributed by atoms with Gasteiger partial charge in [-0.2, -0.15) is 0 Å². The Bertz CT molecular complexity index is 600. The number of nitrogens with two attached hydrogens (primary N) is 1. The van der Waals surface area contributed by atoms with Crippen LogP contribution in [-0.2, 0) is 10.0 Å². The predicted molar refractivity (Wildman–Crippen MR) is 74.1 cm³/mol. The van der Waals surface area contributed by atoms with Crippen molar-refractivity contribution in [1.82, 2.24) is 9.62 Å². The second kappa shape index (κ2) is 4.98. The molecule has 0 spiro atoms. The maximum Gasteiger partial charge on any atom is 0.245 e. The number of hydrogen-bond acceptors (Lipinski definition) is 4. The van der Waals surface area contributed by atoms with Gasteiger partial charge in [0.1, 0.15) is 10.7 Å². The van der Waals surface area contributed by atoms with Gasteiger partial charge < -0.3 is 5.73 Å². The molecule has 2 aliphatic heterocycles. The lowest BCUT2D eigenvalue weighted by molar-refractivity contribution is 0.309. The van der Waals surface area contributed by atoms with E-state index in [1.807, 2.05) is 0 Å². The number of nitrogens with one attached hydrogen (secondary N) is 1. The Morgan fingerprint density at radius 2 is 2.10 bits per heavy atom. The molecule has 0 aromatic heterocycles. The van der Waals surface area contributed by atoms with Crippen LogP contribution in [0.3, 0.4) is 0 Å². The highest BCUT2D eigenvalue weighted by molar-refractivity contribution is 7.89. The summed E-state index contributed by atoms with van der Waals surface area (Å²) in [5, 5.41) is 0. The summed E-state index contributed by atoms with van der Waals surface area (Å²) in [5.41, 5.74) is 5.56. The molecule has 3 rings (SSSR count). The van der Waals surface area contributed by atoms with Gasteiger partial charge in [-0.3, -0.25) is 4.90 Å². The van der Waals surface area contributed by atoms with Gasteiger partial charge in [-0.25, -0.2) is 17.5 Å². The first kappa shape index (κ1) is 13.8. The number of halogens is 1. The highest BCUT2D eigenvalue weighted by atomic mass is 32.2. The minimum absolute atomic E-state index is 0.0567. The SMILES string of the molecule is Nc1cccc(F)c1S(=O)(=O)NC1CCN2CCCC12. The summed E-state index contributed by atoms with van der Waals surface area (Å²) in [6, 6.07) is 3.99. The summed E-state index contributed by atoms with van der Waals surface area (Å²) < 4.78 is 41.2. The third kappa shape index (κ3) is 2.30. The van der Waals surface area contributed by atoms with Gasteiger partial charge in [-0.05, 0) is 37.9 Å². The molecular weight excluding hydrogens is 281 g/mol. The van der Waals surface area contributed by atoms with Gasteiger partial charge in [0.05, 0.1) is 5.69 Å². The minimum Gasteiger partial charge on any atom is -0.398 e. The van der Waals surface area contributed by atoms with Crippen LogP contribution in [-0.4, -0.2) is 38.5 Å². The van der Waals surface area contributed by atoms with Gasteiger partial charge in [0, 0.05) is 18.6 Å². The van der Waals surface area contributed by atoms with Crippen molar-refractivity contribution in [2.24, 2.45) is 0 Å². The molecule has 0 bridgehead atoms. The Labute approximate surface area is 118 Å². The van der Waals surface area contributed by atoms with Crippen molar-refractivity contribution in [1.29, 1.82) is 0 Å². The van der Waals surface area contributed by atoms with Crippen molar-refractivity contribution in [2.45, 2.75) is 36.2 Å². The number of anilines is 1. The van der Waals surface area contributed by atoms with Crippen LogP contribution in [0.1, 0.15) is 19.3 Å². The number of fused-ring (bicyclic) bond motifs is 1. The van der Waals surface area contributed by atoms with Crippen molar-refractivity contribution >= 4 is 15.7 Å². The van der Waals surface area contributed by atoms with Gasteiger partial charge in [0.15, 0.2) is 0 Å². The number of nitrogen functional groups attached to an aromatic ring is 1. The van der Waals surface area contributed by atoms with Crippen molar-refractivity contribution in [3.05, 3.63) is 24.0 Å². The molecule has 2 unspecified atom stereocenters. The summed E-state index contributed by atoms with van der Waals surface area (Å²) in [6.45, 7) is 1.91. The number of benzene rings is 1. The smallest absolute Gasteiger partial charge is 0.245 e. The van der Waals surface area contributed by atoms with E-state index in [9.17, 15) is 12.8 Å². The van der Waals surface area contributed by atoms with E-state index in [1.54, 1.807) is 0 Å². The first-order valence-corrected chi connectivity index (χ1v) is 8.28. The van der Waals surface area contributed by atoms with E-state index in [0.717, 1.165) is 38.4 Å². The molecule has 0 aliphatic carbocycles. The van der Waals surface area contributed by atoms with Crippen LogP contribution >= 0.6 is 0 Å². The van der Waals surface area contributed by atoms with Gasteiger partial charge in [0.2, 0.25) is 10.0 Å². The molecule has 2 fully saturated rings. The standard InChI is InChI=1S/C13H18FN3O2S/c14-9-3-1-4-10(15)13(9)20(18,19)16-11-6-8-17-7-2-5-12(11)17/h1,3-4,11-12,16H,2,5-8,15H2. The molecule has 1 aromatic carbocycles. The lowest BCUT2D eigenvalue weighted by Crippen LogP contribution is -2.42. The fourth-order valence-electron chi connectivity index (χ4n) is 3.29. The van der Waals surface area contributed by atoms with Gasteiger partial charge in [-0.15, -0.1) is 0 Å². The second-order valence-electron chi connectivity index (χ2n) is 5.42. The third-order valence-corrected chi connectivity index (χ3v) is 5.76. The second-order valence-corrected chi connectivity index (χ2v) is 7.07. The van der Waals surface area contributed by atoms with Gasteiger partial charge in [-0.1, -0.05) is 6.07 Å². The van der Waals surface area contributed by atoms with Crippen molar-refractivity contribution in [2.75, 3.05) is 18.8 Å². The van der Waals surface area contributed by atoms with Crippen molar-refractivity contribution in [3.8, 4) is 0 Å². The highest BCUT2D eigenvalue weighted by Crippen LogP contribution is 2.30. The Kier molecular flexibility index (Phi) is 3.43. The van der Waals surface area contributed by atoms with E-state index in [-0.39, 0.29) is 17.8 Å². The Hall–Kier alpha value is -1.18. The van der Waals surface area contributed by atoms with Crippen LogP contribution in [0.2, 0.25) is 0 Å². The molecule has 1 aromatic rings. The molecule has 2 saturated heterocycles. The van der Waals surface area contributed by atoms with E-state index in [0.29, 0.717) is 0 Å². The molecule has 2 aliphatic rings. The van der Waals surface area contributed by atoms with Crippen LogP contribution in [0.15, 0.2) is 23.1 Å². The van der Waals surface area contributed by atoms with Crippen LogP contribution in [0.4, 0.5) is 10.1 Å². The molecule has 3 N–H and O–H groups in total. The maximum absolute atomic E-state index is 13.8. The molecule has 5 nitrogen and oxygen atoms in total. The summed E-state index contributed by atoms with van der Waals surface area (Å²) in [7, 11) is -3.92. The molecule has 0 saturated carbocycles. The molecule has 0 amide bonds. The molecule has 110 valence electrons. The number of rotatable bonds is 3. The van der Waals surface area contributed by atoms with Crippen LogP contribution in [0, 0.1) is 5.82 Å². The Morgan fingerprint density at radius 3 is 2.85 bits per heavy atom. The van der Waals surface area contributed by atoms with E-state index < -0.39 is 20.7 Å². The minimum atomic E-state index is -3.92. The first-order chi connectivity index (χ1) is 9.49. The Balaban J connectivity index is 1.86. The van der Waals surface area contributed by atoms with E-state index >= 15 is 0 Å². The molecule has 2 heterocycles. The number of hydrogen-bond donors (Lipinski definition) is 2. The number of nitrogens with zero attached hydrogens (tertiary/aromatic N) is 1. The number of sulfonamides is 1. The van der Waals surface area contributed by atoms with Crippen molar-refractivity contribution < 1.29 is 12.8 Å². The molecule has 2 atom stereocenters. The quantitative estimate of drug-likeness (QED) is 0.814. The molecule has 20 heavy (non-hydrogen) atoms. The molecule has 0 radical (unpaired) electrons. The average Bonchev–Trinajstić information content (AvgIpc) is 2.93. The average molecular weight is 299 g/mol. The van der Waals surface area contributed by atoms with Crippen LogP contribution in [0.5, 0.6) is 0 Å². The highest BCUT2D eigenvalue weighted by Gasteiger charge is 2.39. The fraction of sp³-hybridized carbons (Fsp3) is 0.538. The lowest BCUT2D eigenvalue weighted by Gasteiger charge is -2.21. The largest absolute Gasteiger partial charge is 0.398 e. The molecule has 7 heteroatoms. The van der Waals surface area contributed by atoms with Crippen LogP contribution in [0.25, 0.3) is 0 Å². The van der Waals surface area contributed by atoms with E-state index in [1.165, 1.54) is 12.1 Å². The normalized spacial score (nSPS) is 26.9. The topological polar surface area (TPSA) is 75.4 Å². The summed E-state index contributed by atoms with van der Waals surface area (Å²) in [6.07, 6.45) is 2.84. The zero-order valence-corrected chi connectivity index (χ0v) is 11.9. The van der Waals surface area contributed by atoms with Gasteiger partial charge >= 0.3 is 0 Å². The third-order valence-electron chi connectivity index (χ3n) is 4.18. The summed E-state index contributed by atoms with van der Waals surface area (Å²) in [4.78, 5) is 1.86. The zero-order valence-electron chi connectivity index (χ0n) is 11.0. The first-order valence-electron chi connectivity index (χ1n) is 6.79. The summed E-state index contributed by atoms with van der Waals surface area (Å²) >= 11 is 0. The monoisotopic (exact) mass is 299 g/mol. The zero-order chi connectivity index (χ0) is 14.3.